The van der Waals surface area contributed by atoms with Crippen molar-refractivity contribution in [2.45, 2.75) is 6.42 Å². The number of nitrogens with zero attached hydrogens (tertiary/aromatic N) is 1. The number of carbonyl (C=O) groups excluding carboxylic acids is 1. The Balaban J connectivity index is 2.62. The van der Waals surface area contributed by atoms with Gasteiger partial charge in [0.05, 0.1) is 12.7 Å². The van der Waals surface area contributed by atoms with Gasteiger partial charge >= 0.3 is 5.97 Å². The lowest BCUT2D eigenvalue weighted by Crippen LogP contribution is -2.10. The Hall–Kier alpha value is -1.62. The van der Waals surface area contributed by atoms with Crippen molar-refractivity contribution < 1.29 is 9.53 Å². The molecule has 82 valence electrons. The van der Waals surface area contributed by atoms with E-state index < -0.39 is 0 Å². The number of hydrogen-bond donors (Lipinski definition) is 2. The van der Waals surface area contributed by atoms with Crippen molar-refractivity contribution in [3.8, 4) is 0 Å². The van der Waals surface area contributed by atoms with Gasteiger partial charge in [-0.05, 0) is 25.1 Å². The molecule has 5 heteroatoms. The Morgan fingerprint density at radius 3 is 3.13 bits per heavy atom. The molecule has 0 bridgehead atoms. The van der Waals surface area contributed by atoms with Gasteiger partial charge in [0.25, 0.3) is 0 Å². The molecule has 1 rings (SSSR count). The summed E-state index contributed by atoms with van der Waals surface area (Å²) in [6.07, 6.45) is 2.43. The Bertz CT molecular complexity index is 328. The van der Waals surface area contributed by atoms with Crippen LogP contribution in [0.3, 0.4) is 0 Å². The number of carbonyl (C=O) groups is 1. The molecule has 0 radical (unpaired) electrons. The summed E-state index contributed by atoms with van der Waals surface area (Å²) >= 11 is 0. The average Bonchev–Trinajstić information content (AvgIpc) is 2.29. The zero-order valence-corrected chi connectivity index (χ0v) is 8.69. The van der Waals surface area contributed by atoms with Crippen LogP contribution in [0.4, 0.5) is 5.82 Å². The first-order valence-corrected chi connectivity index (χ1v) is 4.76. The van der Waals surface area contributed by atoms with Crippen LogP contribution in [-0.2, 0) is 4.74 Å². The van der Waals surface area contributed by atoms with Crippen molar-refractivity contribution in [3.05, 3.63) is 23.9 Å². The van der Waals surface area contributed by atoms with Crippen LogP contribution in [0.15, 0.2) is 18.3 Å². The highest BCUT2D eigenvalue weighted by atomic mass is 16.5. The van der Waals surface area contributed by atoms with Crippen molar-refractivity contribution in [1.29, 1.82) is 0 Å². The summed E-state index contributed by atoms with van der Waals surface area (Å²) < 4.78 is 4.60. The molecule has 0 aromatic carbocycles. The molecule has 0 spiro atoms. The number of anilines is 1. The fourth-order valence-corrected chi connectivity index (χ4v) is 1.09. The van der Waals surface area contributed by atoms with Crippen LogP contribution in [0.1, 0.15) is 16.8 Å². The number of rotatable bonds is 5. The number of hydrogen-bond acceptors (Lipinski definition) is 5. The van der Waals surface area contributed by atoms with E-state index in [1.807, 2.05) is 0 Å². The van der Waals surface area contributed by atoms with Crippen LogP contribution < -0.4 is 11.1 Å². The standard InChI is InChI=1S/C10H15N3O2/c1-15-10(14)8-3-6-13-9(7-8)12-5-2-4-11/h3,6-7H,2,4-5,11H2,1H3,(H,12,13). The van der Waals surface area contributed by atoms with Crippen molar-refractivity contribution in [3.63, 3.8) is 0 Å². The predicted molar refractivity (Wildman–Crippen MR) is 57.7 cm³/mol. The predicted octanol–water partition coefficient (Wildman–Crippen LogP) is 0.629. The van der Waals surface area contributed by atoms with Crippen LogP contribution in [0.2, 0.25) is 0 Å². The minimum Gasteiger partial charge on any atom is -0.465 e. The van der Waals surface area contributed by atoms with Crippen molar-refractivity contribution in [2.24, 2.45) is 5.73 Å². The Morgan fingerprint density at radius 2 is 2.47 bits per heavy atom. The molecule has 1 aromatic heterocycles. The van der Waals surface area contributed by atoms with Gasteiger partial charge in [-0.15, -0.1) is 0 Å². The summed E-state index contributed by atoms with van der Waals surface area (Å²) in [6, 6.07) is 3.27. The van der Waals surface area contributed by atoms with Gasteiger partial charge in [0.2, 0.25) is 0 Å². The molecule has 0 fully saturated rings. The number of nitrogens with two attached hydrogens (primary N) is 1. The molecule has 0 aliphatic rings. The number of aromatic nitrogens is 1. The summed E-state index contributed by atoms with van der Waals surface area (Å²) in [5, 5.41) is 3.07. The molecular formula is C10H15N3O2. The van der Waals surface area contributed by atoms with Gasteiger partial charge in [-0.2, -0.15) is 0 Å². The van der Waals surface area contributed by atoms with E-state index in [-0.39, 0.29) is 5.97 Å². The van der Waals surface area contributed by atoms with E-state index in [0.717, 1.165) is 13.0 Å². The number of esters is 1. The van der Waals surface area contributed by atoms with Gasteiger partial charge in [0.1, 0.15) is 5.82 Å². The molecule has 0 atom stereocenters. The third-order valence-corrected chi connectivity index (χ3v) is 1.87. The summed E-state index contributed by atoms with van der Waals surface area (Å²) in [7, 11) is 1.35. The molecule has 1 aromatic rings. The first-order valence-electron chi connectivity index (χ1n) is 4.76. The Morgan fingerprint density at radius 1 is 1.67 bits per heavy atom. The number of pyridine rings is 1. The lowest BCUT2D eigenvalue weighted by Gasteiger charge is -2.05. The SMILES string of the molecule is COC(=O)c1ccnc(NCCCN)c1. The van der Waals surface area contributed by atoms with Gasteiger partial charge in [0, 0.05) is 12.7 Å². The maximum atomic E-state index is 11.2. The van der Waals surface area contributed by atoms with E-state index in [2.05, 4.69) is 15.0 Å². The largest absolute Gasteiger partial charge is 0.465 e. The highest BCUT2D eigenvalue weighted by molar-refractivity contribution is 5.89. The lowest BCUT2D eigenvalue weighted by atomic mass is 10.2. The van der Waals surface area contributed by atoms with Gasteiger partial charge in [0.15, 0.2) is 0 Å². The summed E-state index contributed by atoms with van der Waals surface area (Å²) in [4.78, 5) is 15.3. The maximum absolute atomic E-state index is 11.2. The van der Waals surface area contributed by atoms with E-state index in [1.165, 1.54) is 7.11 Å². The molecule has 0 saturated heterocycles. The lowest BCUT2D eigenvalue weighted by molar-refractivity contribution is 0.0600. The van der Waals surface area contributed by atoms with E-state index in [1.54, 1.807) is 18.3 Å². The molecule has 0 amide bonds. The van der Waals surface area contributed by atoms with E-state index in [0.29, 0.717) is 17.9 Å². The molecule has 15 heavy (non-hydrogen) atoms. The molecule has 0 saturated carbocycles. The van der Waals surface area contributed by atoms with Crippen molar-refractivity contribution in [2.75, 3.05) is 25.5 Å². The molecular weight excluding hydrogens is 194 g/mol. The fourth-order valence-electron chi connectivity index (χ4n) is 1.09. The second-order valence-electron chi connectivity index (χ2n) is 2.99. The second-order valence-corrected chi connectivity index (χ2v) is 2.99. The highest BCUT2D eigenvalue weighted by Crippen LogP contribution is 2.07. The quantitative estimate of drug-likeness (QED) is 0.549. The minimum absolute atomic E-state index is 0.362. The van der Waals surface area contributed by atoms with E-state index in [4.69, 9.17) is 5.73 Å². The van der Waals surface area contributed by atoms with Gasteiger partial charge in [-0.3, -0.25) is 0 Å². The monoisotopic (exact) mass is 209 g/mol. The van der Waals surface area contributed by atoms with Crippen molar-refractivity contribution >= 4 is 11.8 Å². The summed E-state index contributed by atoms with van der Waals surface area (Å²) in [6.45, 7) is 1.37. The van der Waals surface area contributed by atoms with Crippen LogP contribution in [-0.4, -0.2) is 31.2 Å². The normalized spacial score (nSPS) is 9.73. The molecule has 0 unspecified atom stereocenters. The number of methoxy groups -OCH3 is 1. The Kier molecular flexibility index (Phi) is 4.56. The molecule has 1 heterocycles. The number of nitrogens with one attached hydrogen (secondary N) is 1. The van der Waals surface area contributed by atoms with Gasteiger partial charge in [-0.1, -0.05) is 0 Å². The third-order valence-electron chi connectivity index (χ3n) is 1.87. The first-order chi connectivity index (χ1) is 7.27. The third kappa shape index (κ3) is 3.55. The van der Waals surface area contributed by atoms with Crippen LogP contribution >= 0.6 is 0 Å². The van der Waals surface area contributed by atoms with Crippen LogP contribution in [0.25, 0.3) is 0 Å². The topological polar surface area (TPSA) is 77.2 Å². The van der Waals surface area contributed by atoms with E-state index >= 15 is 0 Å². The smallest absolute Gasteiger partial charge is 0.338 e. The Labute approximate surface area is 88.6 Å². The van der Waals surface area contributed by atoms with E-state index in [9.17, 15) is 4.79 Å². The van der Waals surface area contributed by atoms with Gasteiger partial charge in [-0.25, -0.2) is 9.78 Å². The molecule has 0 aliphatic carbocycles. The molecule has 0 aliphatic heterocycles. The zero-order chi connectivity index (χ0) is 11.1. The van der Waals surface area contributed by atoms with Crippen molar-refractivity contribution in [1.82, 2.24) is 4.98 Å². The first kappa shape index (κ1) is 11.5. The second kappa shape index (κ2) is 5.98. The van der Waals surface area contributed by atoms with Crippen LogP contribution in [0, 0.1) is 0 Å². The number of ether oxygens (including phenoxy) is 1. The summed E-state index contributed by atoms with van der Waals surface area (Å²) in [5.74, 6) is 0.297. The minimum atomic E-state index is -0.362. The fraction of sp³-hybridized carbons (Fsp3) is 0.400. The maximum Gasteiger partial charge on any atom is 0.338 e. The molecule has 5 nitrogen and oxygen atoms in total. The summed E-state index contributed by atoms with van der Waals surface area (Å²) in [5.41, 5.74) is 5.85. The van der Waals surface area contributed by atoms with Crippen LogP contribution in [0.5, 0.6) is 0 Å². The average molecular weight is 209 g/mol. The van der Waals surface area contributed by atoms with Gasteiger partial charge < -0.3 is 15.8 Å². The highest BCUT2D eigenvalue weighted by Gasteiger charge is 2.05. The molecule has 3 N–H and O–H groups in total. The zero-order valence-electron chi connectivity index (χ0n) is 8.69.